The van der Waals surface area contributed by atoms with Crippen LogP contribution in [0, 0.1) is 0 Å². The van der Waals surface area contributed by atoms with E-state index in [1.807, 2.05) is 94.9 Å². The van der Waals surface area contributed by atoms with Gasteiger partial charge in [-0.1, -0.05) is 72.4 Å². The molecule has 0 fully saturated rings. The fraction of sp³-hybridized carbons (Fsp3) is 0.229. The van der Waals surface area contributed by atoms with Crippen LogP contribution in [0.4, 0.5) is 0 Å². The third-order valence-electron chi connectivity index (χ3n) is 7.77. The van der Waals surface area contributed by atoms with Crippen molar-refractivity contribution in [1.82, 2.24) is 25.1 Å². The fourth-order valence-corrected chi connectivity index (χ4v) is 7.06. The highest BCUT2D eigenvalue weighted by atomic mass is 32.2. The summed E-state index contributed by atoms with van der Waals surface area (Å²) in [6.07, 6.45) is 0.757. The van der Waals surface area contributed by atoms with Crippen molar-refractivity contribution in [2.45, 2.75) is 30.6 Å². The van der Waals surface area contributed by atoms with Crippen LogP contribution in [0.1, 0.15) is 34.3 Å². The van der Waals surface area contributed by atoms with Gasteiger partial charge in [-0.3, -0.25) is 14.2 Å². The minimum absolute atomic E-state index is 0.0254. The highest BCUT2D eigenvalue weighted by molar-refractivity contribution is 7.99. The van der Waals surface area contributed by atoms with Crippen LogP contribution in [-0.2, 0) is 22.6 Å². The fourth-order valence-electron chi connectivity index (χ4n) is 5.53. The molecular formula is C35H34N6O5S2. The number of carbonyl (C=O) groups is 2. The minimum Gasteiger partial charge on any atom is -0.495 e. The summed E-state index contributed by atoms with van der Waals surface area (Å²) >= 11 is 2.81. The number of ether oxygens (including phenoxy) is 3. The topological polar surface area (TPSA) is 120 Å². The number of thiophene rings is 1. The monoisotopic (exact) mass is 682 g/mol. The van der Waals surface area contributed by atoms with Crippen molar-refractivity contribution < 1.29 is 23.8 Å². The molecule has 2 amide bonds. The number of para-hydroxylation sites is 3. The van der Waals surface area contributed by atoms with Crippen molar-refractivity contribution in [3.63, 3.8) is 0 Å². The lowest BCUT2D eigenvalue weighted by Gasteiger charge is -2.24. The molecule has 3 aromatic carbocycles. The number of carbonyl (C=O) groups excluding carboxylic acids is 2. The predicted molar refractivity (Wildman–Crippen MR) is 185 cm³/mol. The number of thioether (sulfide) groups is 1. The highest BCUT2D eigenvalue weighted by Gasteiger charge is 2.36. The number of nitrogens with zero attached hydrogens (tertiary/aromatic N) is 5. The van der Waals surface area contributed by atoms with Crippen molar-refractivity contribution in [1.29, 1.82) is 0 Å². The van der Waals surface area contributed by atoms with Gasteiger partial charge >= 0.3 is 0 Å². The Morgan fingerprint density at radius 3 is 2.42 bits per heavy atom. The van der Waals surface area contributed by atoms with Crippen LogP contribution >= 0.6 is 23.1 Å². The van der Waals surface area contributed by atoms with Crippen molar-refractivity contribution in [3.8, 4) is 22.9 Å². The predicted octanol–water partition coefficient (Wildman–Crippen LogP) is 5.68. The molecule has 11 nitrogen and oxygen atoms in total. The van der Waals surface area contributed by atoms with Crippen LogP contribution in [0.5, 0.6) is 17.2 Å². The minimum atomic E-state index is -0.400. The summed E-state index contributed by atoms with van der Waals surface area (Å²) in [7, 11) is 4.76. The van der Waals surface area contributed by atoms with E-state index in [0.29, 0.717) is 40.3 Å². The van der Waals surface area contributed by atoms with E-state index < -0.39 is 6.04 Å². The van der Waals surface area contributed by atoms with Gasteiger partial charge in [0.1, 0.15) is 5.75 Å². The van der Waals surface area contributed by atoms with E-state index in [0.717, 1.165) is 21.7 Å². The van der Waals surface area contributed by atoms with E-state index in [9.17, 15) is 9.59 Å². The largest absolute Gasteiger partial charge is 0.495 e. The van der Waals surface area contributed by atoms with Crippen molar-refractivity contribution in [2.24, 2.45) is 5.10 Å². The maximum Gasteiger partial charge on any atom is 0.253 e. The molecule has 1 N–H and O–H groups in total. The summed E-state index contributed by atoms with van der Waals surface area (Å²) in [5.74, 6) is 1.90. The molecule has 3 heterocycles. The van der Waals surface area contributed by atoms with Gasteiger partial charge in [-0.05, 0) is 35.2 Å². The van der Waals surface area contributed by atoms with Crippen LogP contribution in [0.25, 0.3) is 5.69 Å². The van der Waals surface area contributed by atoms with Crippen LogP contribution in [0.3, 0.4) is 0 Å². The van der Waals surface area contributed by atoms with Gasteiger partial charge in [-0.15, -0.1) is 21.5 Å². The number of benzene rings is 3. The first kappa shape index (κ1) is 32.8. The molecule has 0 radical (unpaired) electrons. The quantitative estimate of drug-likeness (QED) is 0.158. The average molecular weight is 683 g/mol. The molecule has 6 rings (SSSR count). The molecule has 0 saturated heterocycles. The molecule has 1 aliphatic rings. The van der Waals surface area contributed by atoms with Gasteiger partial charge < -0.3 is 19.5 Å². The Kier molecular flexibility index (Phi) is 10.4. The molecule has 0 saturated carbocycles. The lowest BCUT2D eigenvalue weighted by Crippen LogP contribution is -2.29. The van der Waals surface area contributed by atoms with Gasteiger partial charge in [-0.2, -0.15) is 5.10 Å². The molecule has 1 unspecified atom stereocenters. The van der Waals surface area contributed by atoms with Crippen LogP contribution in [0.2, 0.25) is 0 Å². The Morgan fingerprint density at radius 2 is 1.67 bits per heavy atom. The molecule has 0 bridgehead atoms. The number of hydrogen-bond donors (Lipinski definition) is 1. The number of amides is 2. The molecular weight excluding hydrogens is 649 g/mol. The zero-order valence-electron chi connectivity index (χ0n) is 26.7. The van der Waals surface area contributed by atoms with Crippen LogP contribution in [0.15, 0.2) is 101 Å². The molecule has 5 aromatic rings. The molecule has 48 heavy (non-hydrogen) atoms. The lowest BCUT2D eigenvalue weighted by atomic mass is 9.99. The number of methoxy groups -OCH3 is 3. The van der Waals surface area contributed by atoms with E-state index >= 15 is 0 Å². The Bertz CT molecular complexity index is 1910. The first-order valence-corrected chi connectivity index (χ1v) is 17.0. The van der Waals surface area contributed by atoms with Gasteiger partial charge in [0.2, 0.25) is 5.91 Å². The van der Waals surface area contributed by atoms with Gasteiger partial charge in [0.05, 0.1) is 62.4 Å². The Morgan fingerprint density at radius 1 is 0.896 bits per heavy atom. The summed E-state index contributed by atoms with van der Waals surface area (Å²) in [5, 5.41) is 20.6. The van der Waals surface area contributed by atoms with Gasteiger partial charge in [0.15, 0.2) is 22.5 Å². The summed E-state index contributed by atoms with van der Waals surface area (Å²) < 4.78 is 18.8. The smallest absolute Gasteiger partial charge is 0.253 e. The number of nitrogens with one attached hydrogen (secondary N) is 1. The lowest BCUT2D eigenvalue weighted by molar-refractivity contribution is -0.130. The maximum atomic E-state index is 14.0. The van der Waals surface area contributed by atoms with Crippen molar-refractivity contribution in [3.05, 3.63) is 112 Å². The number of rotatable bonds is 13. The van der Waals surface area contributed by atoms with E-state index in [2.05, 4.69) is 15.5 Å². The number of aromatic nitrogens is 3. The SMILES string of the molecule is COc1ccccc1-n1c(CNC(=O)Cc2ccccc2)nnc1SCC(=O)N1N=C(c2cccs2)CC1c1cccc(OC)c1OC. The molecule has 1 atom stereocenters. The summed E-state index contributed by atoms with van der Waals surface area (Å²) in [4.78, 5) is 27.8. The van der Waals surface area contributed by atoms with Crippen molar-refractivity contribution >= 4 is 40.6 Å². The van der Waals surface area contributed by atoms with Gasteiger partial charge in [-0.25, -0.2) is 5.01 Å². The molecule has 13 heteroatoms. The van der Waals surface area contributed by atoms with E-state index in [-0.39, 0.29) is 30.5 Å². The van der Waals surface area contributed by atoms with E-state index in [1.165, 1.54) is 16.8 Å². The second-order valence-electron chi connectivity index (χ2n) is 10.7. The molecule has 246 valence electrons. The average Bonchev–Trinajstić information content (AvgIpc) is 3.90. The zero-order chi connectivity index (χ0) is 33.5. The van der Waals surface area contributed by atoms with Crippen LogP contribution < -0.4 is 19.5 Å². The second-order valence-corrected chi connectivity index (χ2v) is 12.6. The zero-order valence-corrected chi connectivity index (χ0v) is 28.3. The highest BCUT2D eigenvalue weighted by Crippen LogP contribution is 2.42. The third-order valence-corrected chi connectivity index (χ3v) is 9.60. The number of hydrazone groups is 1. The molecule has 1 aliphatic heterocycles. The third kappa shape index (κ3) is 7.06. The Hall–Kier alpha value is -5.14. The van der Waals surface area contributed by atoms with E-state index in [1.54, 1.807) is 32.7 Å². The van der Waals surface area contributed by atoms with E-state index in [4.69, 9.17) is 19.3 Å². The van der Waals surface area contributed by atoms with Gasteiger partial charge in [0.25, 0.3) is 5.91 Å². The number of hydrogen-bond acceptors (Lipinski definition) is 10. The summed E-state index contributed by atoms with van der Waals surface area (Å²) in [6, 6.07) is 26.2. The molecule has 0 aliphatic carbocycles. The Labute approximate surface area is 286 Å². The first-order valence-electron chi connectivity index (χ1n) is 15.2. The van der Waals surface area contributed by atoms with Gasteiger partial charge in [0, 0.05) is 12.0 Å². The van der Waals surface area contributed by atoms with Crippen molar-refractivity contribution in [2.75, 3.05) is 27.1 Å². The molecule has 0 spiro atoms. The molecule has 2 aromatic heterocycles. The second kappa shape index (κ2) is 15.2. The van der Waals surface area contributed by atoms with Crippen LogP contribution in [-0.4, -0.2) is 64.4 Å². The normalized spacial score (nSPS) is 14.0. The summed E-state index contributed by atoms with van der Waals surface area (Å²) in [6.45, 7) is 0.128. The maximum absolute atomic E-state index is 14.0. The standard InChI is InChI=1S/C35H34N6O5S2/c1-44-28-15-8-7-14-26(28)40-31(21-36-32(42)19-23-11-5-4-6-12-23)37-38-35(40)48-22-33(43)41-27(20-25(39-41)30-17-10-18-47-30)24-13-9-16-29(45-2)34(24)46-3/h4-18,27H,19-22H2,1-3H3,(H,36,42). The first-order chi connectivity index (χ1) is 23.5. The summed E-state index contributed by atoms with van der Waals surface area (Å²) in [5.41, 5.74) is 3.22. The Balaban J connectivity index is 1.26.